The molecule has 0 aliphatic heterocycles. The predicted molar refractivity (Wildman–Crippen MR) is 83.7 cm³/mol. The van der Waals surface area contributed by atoms with Crippen molar-refractivity contribution in [1.29, 1.82) is 0 Å². The maximum Gasteiger partial charge on any atom is 0.250 e. The molecule has 1 N–H and O–H groups in total. The van der Waals surface area contributed by atoms with E-state index in [2.05, 4.69) is 5.32 Å². The number of halogens is 2. The van der Waals surface area contributed by atoms with Crippen molar-refractivity contribution in [2.45, 2.75) is 19.5 Å². The molecule has 2 rings (SSSR count). The quantitative estimate of drug-likeness (QED) is 0.939. The molecule has 0 bridgehead atoms. The van der Waals surface area contributed by atoms with E-state index in [9.17, 15) is 9.59 Å². The molecular formula is C15H14Cl2N2O2. The standard InChI is InChI=1S/C15H14Cl2N2O2/c1-10(12-6-5-11(16)8-13(12)17)18-14(20)9-19-7-3-2-4-15(19)21/h2-8,10H,9H2,1H3,(H,18,20). The van der Waals surface area contributed by atoms with E-state index in [4.69, 9.17) is 23.2 Å². The number of nitrogens with zero attached hydrogens (tertiary/aromatic N) is 1. The summed E-state index contributed by atoms with van der Waals surface area (Å²) in [5, 5.41) is 3.84. The van der Waals surface area contributed by atoms with Gasteiger partial charge in [-0.2, -0.15) is 0 Å². The van der Waals surface area contributed by atoms with E-state index < -0.39 is 0 Å². The minimum absolute atomic E-state index is 0.0325. The number of nitrogens with one attached hydrogen (secondary N) is 1. The number of hydrogen-bond donors (Lipinski definition) is 1. The zero-order valence-corrected chi connectivity index (χ0v) is 12.9. The number of hydrogen-bond acceptors (Lipinski definition) is 2. The molecule has 1 aromatic heterocycles. The summed E-state index contributed by atoms with van der Waals surface area (Å²) >= 11 is 11.9. The van der Waals surface area contributed by atoms with E-state index in [1.807, 2.05) is 6.92 Å². The molecule has 21 heavy (non-hydrogen) atoms. The van der Waals surface area contributed by atoms with Crippen LogP contribution in [0.2, 0.25) is 10.0 Å². The Morgan fingerprint density at radius 2 is 2.05 bits per heavy atom. The molecular weight excluding hydrogens is 311 g/mol. The first-order valence-electron chi connectivity index (χ1n) is 6.37. The zero-order valence-electron chi connectivity index (χ0n) is 11.3. The van der Waals surface area contributed by atoms with Crippen LogP contribution in [0, 0.1) is 0 Å². The van der Waals surface area contributed by atoms with Gasteiger partial charge in [-0.05, 0) is 30.7 Å². The lowest BCUT2D eigenvalue weighted by atomic mass is 10.1. The monoisotopic (exact) mass is 324 g/mol. The highest BCUT2D eigenvalue weighted by Gasteiger charge is 2.13. The van der Waals surface area contributed by atoms with Crippen molar-refractivity contribution in [2.75, 3.05) is 0 Å². The van der Waals surface area contributed by atoms with Crippen molar-refractivity contribution in [2.24, 2.45) is 0 Å². The summed E-state index contributed by atoms with van der Waals surface area (Å²) in [7, 11) is 0. The molecule has 1 unspecified atom stereocenters. The minimum Gasteiger partial charge on any atom is -0.348 e. The Hall–Kier alpha value is -1.78. The molecule has 6 heteroatoms. The molecule has 0 fully saturated rings. The Balaban J connectivity index is 2.05. The Kier molecular flexibility index (Phi) is 5.04. The van der Waals surface area contributed by atoms with E-state index in [0.29, 0.717) is 10.0 Å². The van der Waals surface area contributed by atoms with Crippen molar-refractivity contribution in [3.05, 3.63) is 68.6 Å². The van der Waals surface area contributed by atoms with E-state index >= 15 is 0 Å². The smallest absolute Gasteiger partial charge is 0.250 e. The molecule has 1 aromatic carbocycles. The topological polar surface area (TPSA) is 51.1 Å². The predicted octanol–water partition coefficient (Wildman–Crippen LogP) is 3.03. The highest BCUT2D eigenvalue weighted by Crippen LogP contribution is 2.25. The molecule has 2 aromatic rings. The maximum atomic E-state index is 12.0. The first-order valence-corrected chi connectivity index (χ1v) is 7.13. The molecule has 1 atom stereocenters. The van der Waals surface area contributed by atoms with Crippen LogP contribution in [0.1, 0.15) is 18.5 Å². The molecule has 0 saturated heterocycles. The molecule has 0 aliphatic carbocycles. The van der Waals surface area contributed by atoms with Crippen LogP contribution < -0.4 is 10.9 Å². The summed E-state index contributed by atoms with van der Waals surface area (Å²) in [6, 6.07) is 9.58. The van der Waals surface area contributed by atoms with Gasteiger partial charge < -0.3 is 9.88 Å². The fourth-order valence-corrected chi connectivity index (χ4v) is 2.54. The first kappa shape index (κ1) is 15.6. The lowest BCUT2D eigenvalue weighted by molar-refractivity contribution is -0.122. The van der Waals surface area contributed by atoms with Gasteiger partial charge in [0.1, 0.15) is 6.54 Å². The summed E-state index contributed by atoms with van der Waals surface area (Å²) in [5.41, 5.74) is 0.555. The number of carbonyl (C=O) groups is 1. The summed E-state index contributed by atoms with van der Waals surface area (Å²) < 4.78 is 1.34. The lowest BCUT2D eigenvalue weighted by Crippen LogP contribution is -2.33. The fourth-order valence-electron chi connectivity index (χ4n) is 1.96. The summed E-state index contributed by atoms with van der Waals surface area (Å²) in [6.45, 7) is 1.79. The van der Waals surface area contributed by atoms with Gasteiger partial charge in [0.05, 0.1) is 6.04 Å². The van der Waals surface area contributed by atoms with Gasteiger partial charge in [-0.25, -0.2) is 0 Å². The van der Waals surface area contributed by atoms with Crippen molar-refractivity contribution in [3.63, 3.8) is 0 Å². The highest BCUT2D eigenvalue weighted by molar-refractivity contribution is 6.35. The number of pyridine rings is 1. The Morgan fingerprint density at radius 1 is 1.29 bits per heavy atom. The molecule has 0 radical (unpaired) electrons. The Bertz CT molecular complexity index is 713. The summed E-state index contributed by atoms with van der Waals surface area (Å²) in [4.78, 5) is 23.5. The van der Waals surface area contributed by atoms with Gasteiger partial charge in [0.15, 0.2) is 0 Å². The van der Waals surface area contributed by atoms with Crippen molar-refractivity contribution in [3.8, 4) is 0 Å². The molecule has 0 spiro atoms. The molecule has 110 valence electrons. The normalized spacial score (nSPS) is 12.0. The largest absolute Gasteiger partial charge is 0.348 e. The van der Waals surface area contributed by atoms with Crippen molar-refractivity contribution < 1.29 is 4.79 Å². The van der Waals surface area contributed by atoms with E-state index in [1.54, 1.807) is 36.5 Å². The zero-order chi connectivity index (χ0) is 15.4. The SMILES string of the molecule is CC(NC(=O)Cn1ccccc1=O)c1ccc(Cl)cc1Cl. The van der Waals surface area contributed by atoms with Crippen molar-refractivity contribution >= 4 is 29.1 Å². The number of rotatable bonds is 4. The Labute approximate surface area is 132 Å². The van der Waals surface area contributed by atoms with E-state index in [1.165, 1.54) is 10.6 Å². The summed E-state index contributed by atoms with van der Waals surface area (Å²) in [5.74, 6) is -0.262. The minimum atomic E-state index is -0.276. The van der Waals surface area contributed by atoms with Crippen LogP contribution in [-0.2, 0) is 11.3 Å². The van der Waals surface area contributed by atoms with Gasteiger partial charge in [-0.15, -0.1) is 0 Å². The Morgan fingerprint density at radius 3 is 2.71 bits per heavy atom. The third-order valence-corrected chi connectivity index (χ3v) is 3.58. The fraction of sp³-hybridized carbons (Fsp3) is 0.200. The van der Waals surface area contributed by atoms with Crippen LogP contribution in [0.5, 0.6) is 0 Å². The second-order valence-electron chi connectivity index (χ2n) is 4.62. The van der Waals surface area contributed by atoms with Gasteiger partial charge in [-0.1, -0.05) is 35.3 Å². The second kappa shape index (κ2) is 6.78. The third kappa shape index (κ3) is 4.09. The highest BCUT2D eigenvalue weighted by atomic mass is 35.5. The maximum absolute atomic E-state index is 12.0. The van der Waals surface area contributed by atoms with Gasteiger partial charge >= 0.3 is 0 Å². The van der Waals surface area contributed by atoms with Gasteiger partial charge in [0.2, 0.25) is 5.91 Å². The van der Waals surface area contributed by atoms with Crippen molar-refractivity contribution in [1.82, 2.24) is 9.88 Å². The van der Waals surface area contributed by atoms with Gasteiger partial charge in [-0.3, -0.25) is 9.59 Å². The third-order valence-electron chi connectivity index (χ3n) is 3.02. The lowest BCUT2D eigenvalue weighted by Gasteiger charge is -2.16. The number of aromatic nitrogens is 1. The van der Waals surface area contributed by atoms with Gasteiger partial charge in [0.25, 0.3) is 5.56 Å². The van der Waals surface area contributed by atoms with Crippen LogP contribution in [-0.4, -0.2) is 10.5 Å². The van der Waals surface area contributed by atoms with Gasteiger partial charge in [0, 0.05) is 22.3 Å². The molecule has 0 saturated carbocycles. The first-order chi connectivity index (χ1) is 9.97. The van der Waals surface area contributed by atoms with Crippen LogP contribution in [0.3, 0.4) is 0 Å². The number of benzene rings is 1. The average Bonchev–Trinajstić information content (AvgIpc) is 2.41. The van der Waals surface area contributed by atoms with E-state index in [0.717, 1.165) is 5.56 Å². The van der Waals surface area contributed by atoms with Crippen LogP contribution in [0.25, 0.3) is 0 Å². The van der Waals surface area contributed by atoms with Crippen LogP contribution in [0.15, 0.2) is 47.4 Å². The van der Waals surface area contributed by atoms with Crippen LogP contribution in [0.4, 0.5) is 0 Å². The number of amides is 1. The number of carbonyl (C=O) groups excluding carboxylic acids is 1. The molecule has 1 heterocycles. The second-order valence-corrected chi connectivity index (χ2v) is 5.47. The molecule has 0 aliphatic rings. The summed E-state index contributed by atoms with van der Waals surface area (Å²) in [6.07, 6.45) is 1.57. The molecule has 4 nitrogen and oxygen atoms in total. The van der Waals surface area contributed by atoms with Crippen LogP contribution >= 0.6 is 23.2 Å². The average molecular weight is 325 g/mol. The van der Waals surface area contributed by atoms with E-state index in [-0.39, 0.29) is 24.1 Å². The molecule has 1 amide bonds.